The van der Waals surface area contributed by atoms with Gasteiger partial charge >= 0.3 is 5.97 Å². The first-order chi connectivity index (χ1) is 65.6. The summed E-state index contributed by atoms with van der Waals surface area (Å²) in [6, 6.07) is -5.68. The number of amides is 15. The number of para-hydroxylation sites is 1. The highest BCUT2D eigenvalue weighted by atomic mass is 19.2. The molecule has 778 valence electrons. The molecule has 0 fully saturated rings. The maximum atomic E-state index is 15.6. The van der Waals surface area contributed by atoms with Crippen LogP contribution in [-0.4, -0.2) is 247 Å². The number of aromatic nitrogens is 1. The molecule has 0 saturated heterocycles. The number of primary amides is 2. The van der Waals surface area contributed by atoms with E-state index in [1.807, 2.05) is 6.08 Å². The molecule has 0 spiro atoms. The maximum Gasteiger partial charge on any atom is 0.303 e. The van der Waals surface area contributed by atoms with E-state index in [-0.39, 0.29) is 94.1 Å². The minimum Gasteiger partial charge on any atom is -0.508 e. The van der Waals surface area contributed by atoms with Crippen molar-refractivity contribution in [3.63, 3.8) is 0 Å². The van der Waals surface area contributed by atoms with Crippen LogP contribution in [0.3, 0.4) is 0 Å². The van der Waals surface area contributed by atoms with Gasteiger partial charge in [0.05, 0.1) is 36.2 Å². The van der Waals surface area contributed by atoms with Gasteiger partial charge in [0.15, 0.2) is 11.6 Å². The molecule has 5 rings (SSSR count). The minimum atomic E-state index is -2.22. The standard InChI is InChI=1S/C97H140F2N18O23.CH4/c1-50(2)41-64-49-104-70(35-37-76(100)121)82(127)81(126)55(8)106-89(134)75(46-63-48-103-69-28-24-23-27-66(63)69)112-90(135)73(44-61-29-32-65(120)33-30-61)111-88(133)71(36-38-77(122)123)114-95(140)97(15,117-92(137)74(45-62-31-34-67(98)68(99)43-62)113-93(138)78(59(12)118)115-91(136)72(42-51(3)4)110-60(13)119)40-26-22-20-18-16-17-19-21-25-39-96(14,116-87(64)132)94(139)109-58(11)86(131)108-57(10)85(130)107-56(9)84(129)105-54(7)80(125)79(124)53(6)102-47-52(5)83(101)128;/h17,19,23-24,27-34,43,48,50-59,64,70-75,78,102-104,118,120H,16,18,20-22,25-26,35-42,44-47,49H2,1-15H3,(H2,100,121)(H2,101,128)(H,105,129)(H,106,134)(H,107,130)(H,108,131)(H,109,139)(H,110,119)(H,111,133)(H,112,135)(H,113,138)(H,114,140)(H,115,136)(H,116,132)(H,117,137)(H,122,123);1H4/b19-17+;/t52-,53-,54-,55-,56?,57-,58?,59+,64+,70-,71-,72-,73?,74-,75-,78-,96-,97+;/m0./s1. The first kappa shape index (κ1) is 120. The predicted octanol–water partition coefficient (Wildman–Crippen LogP) is 1.65. The van der Waals surface area contributed by atoms with Gasteiger partial charge < -0.3 is 112 Å². The number of allylic oxidation sites excluding steroid dienone is 2. The molecule has 2 heterocycles. The fourth-order valence-electron chi connectivity index (χ4n) is 15.4. The SMILES string of the molecule is C.CC(=O)N[C@@H](CC(C)C)C(=O)N[C@H](C(=O)N[C@@H](Cc1ccc(F)c(F)c1)C(=O)N[C@]1(C)CCCCCC/C=C/CCC[C@@](C)(C(=O)NC(C)C(=O)N[C@@H](C)C(=O)NC(C)C(=O)N[C@@H](C)C(=O)C(=O)[C@H](C)NC[C@H](C)C(N)=O)NC(=O)[C@H](CC(C)C)CN[C@@H](CCC(N)=O)C(=O)C(=O)[C@H](C)NC(=O)[C@H](Cc2c[nH]c3ccccc23)NC(=O)C(Cc2ccc(O)cc2)NC(=O)[C@H](CCC(=O)O)NC1=O)[C@@H](C)O. The van der Waals surface area contributed by atoms with Crippen molar-refractivity contribution in [2.75, 3.05) is 13.1 Å². The van der Waals surface area contributed by atoms with Gasteiger partial charge in [0.1, 0.15) is 71.2 Å². The zero-order valence-corrected chi connectivity index (χ0v) is 82.0. The van der Waals surface area contributed by atoms with Gasteiger partial charge in [0.2, 0.25) is 112 Å². The average Bonchev–Trinajstić information content (AvgIpc) is 1.76. The molecule has 41 nitrogen and oxygen atoms in total. The van der Waals surface area contributed by atoms with Gasteiger partial charge in [-0.05, 0) is 185 Å². The van der Waals surface area contributed by atoms with Crippen LogP contribution in [0.4, 0.5) is 8.78 Å². The predicted molar refractivity (Wildman–Crippen MR) is 517 cm³/mol. The van der Waals surface area contributed by atoms with Crippen molar-refractivity contribution in [1.82, 2.24) is 84.7 Å². The van der Waals surface area contributed by atoms with Crippen molar-refractivity contribution in [3.05, 3.63) is 113 Å². The lowest BCUT2D eigenvalue weighted by atomic mass is 9.89. The van der Waals surface area contributed by atoms with Gasteiger partial charge in [-0.3, -0.25) is 95.9 Å². The Labute approximate surface area is 819 Å². The molecule has 0 aliphatic carbocycles. The molecule has 4 aromatic rings. The summed E-state index contributed by atoms with van der Waals surface area (Å²) in [5.41, 5.74) is 7.97. The zero-order chi connectivity index (χ0) is 105. The van der Waals surface area contributed by atoms with Gasteiger partial charge in [-0.15, -0.1) is 0 Å². The summed E-state index contributed by atoms with van der Waals surface area (Å²) in [5, 5.41) is 71.1. The number of hydrogen-bond acceptors (Lipinski definition) is 24. The van der Waals surface area contributed by atoms with Crippen LogP contribution in [0.15, 0.2) is 85.1 Å². The number of H-pyrrole nitrogens is 1. The number of nitrogens with one attached hydrogen (secondary N) is 16. The number of benzene rings is 3. The highest BCUT2D eigenvalue weighted by Gasteiger charge is 2.44. The highest BCUT2D eigenvalue weighted by molar-refractivity contribution is 6.41. The summed E-state index contributed by atoms with van der Waals surface area (Å²) in [6.07, 6.45) is 1.37. The molecule has 0 bridgehead atoms. The molecule has 1 aromatic heterocycles. The second-order valence-electron chi connectivity index (χ2n) is 37.4. The lowest BCUT2D eigenvalue weighted by molar-refractivity contribution is -0.140. The zero-order valence-electron chi connectivity index (χ0n) is 82.0. The second kappa shape index (κ2) is 57.4. The Bertz CT molecular complexity index is 5110. The number of halogens is 2. The smallest absolute Gasteiger partial charge is 0.303 e. The topological polar surface area (TPSA) is 650 Å². The number of aliphatic carboxylic acids is 1. The Balaban J connectivity index is 0.0000415. The Morgan fingerprint density at radius 1 is 0.546 bits per heavy atom. The molecule has 1 aliphatic heterocycles. The molecule has 141 heavy (non-hydrogen) atoms. The lowest BCUT2D eigenvalue weighted by Gasteiger charge is -2.34. The van der Waals surface area contributed by atoms with Crippen molar-refractivity contribution in [1.29, 1.82) is 0 Å². The number of carbonyl (C=O) groups excluding carboxylic acids is 19. The summed E-state index contributed by atoms with van der Waals surface area (Å²) in [6.45, 7) is 20.7. The monoisotopic (exact) mass is 1980 g/mol. The molecule has 18 atom stereocenters. The molecular formula is C98H144F2N18O23. The van der Waals surface area contributed by atoms with Crippen LogP contribution >= 0.6 is 0 Å². The van der Waals surface area contributed by atoms with E-state index >= 15 is 33.2 Å². The van der Waals surface area contributed by atoms with E-state index in [1.54, 1.807) is 64.2 Å². The van der Waals surface area contributed by atoms with E-state index in [2.05, 4.69) is 84.7 Å². The van der Waals surface area contributed by atoms with Crippen molar-refractivity contribution in [2.24, 2.45) is 35.1 Å². The fourth-order valence-corrected chi connectivity index (χ4v) is 15.4. The van der Waals surface area contributed by atoms with E-state index in [0.29, 0.717) is 42.1 Å². The summed E-state index contributed by atoms with van der Waals surface area (Å²) < 4.78 is 29.7. The number of nitrogens with two attached hydrogens (primary N) is 2. The number of carbonyl (C=O) groups is 20. The number of ketones is 4. The first-order valence-electron chi connectivity index (χ1n) is 47.1. The van der Waals surface area contributed by atoms with Crippen LogP contribution in [-0.2, 0) is 115 Å². The molecule has 0 radical (unpaired) electrons. The molecule has 23 N–H and O–H groups in total. The molecule has 1 aliphatic rings. The second-order valence-corrected chi connectivity index (χ2v) is 37.4. The third-order valence-corrected chi connectivity index (χ3v) is 23.9. The van der Waals surface area contributed by atoms with Crippen LogP contribution in [0.1, 0.15) is 224 Å². The van der Waals surface area contributed by atoms with Crippen molar-refractivity contribution >= 4 is 129 Å². The Morgan fingerprint density at radius 3 is 1.69 bits per heavy atom. The molecule has 15 amide bonds. The highest BCUT2D eigenvalue weighted by Crippen LogP contribution is 2.26. The number of carboxylic acids is 1. The van der Waals surface area contributed by atoms with Gasteiger partial charge in [0, 0.05) is 75.1 Å². The number of Topliss-reactive ketones (excluding diaryl/α,β-unsaturated/α-hetero) is 4. The van der Waals surface area contributed by atoms with Gasteiger partial charge in [-0.2, -0.15) is 0 Å². The largest absolute Gasteiger partial charge is 0.508 e. The van der Waals surface area contributed by atoms with Gasteiger partial charge in [-0.1, -0.05) is 110 Å². The van der Waals surface area contributed by atoms with Crippen molar-refractivity contribution in [3.8, 4) is 5.75 Å². The number of aliphatic hydroxyl groups is 1. The number of rotatable bonds is 39. The minimum absolute atomic E-state index is 0. The first-order valence-corrected chi connectivity index (χ1v) is 47.1. The molecule has 43 heteroatoms. The summed E-state index contributed by atoms with van der Waals surface area (Å²) in [4.78, 5) is 283. The average molecular weight is 1980 g/mol. The normalized spacial score (nSPS) is 21.7. The number of fused-ring (bicyclic) bond motifs is 1. The fraction of sp³-hybridized carbons (Fsp3) is 0.571. The number of phenolic OH excluding ortho intramolecular Hbond substituents is 1. The Kier molecular flexibility index (Phi) is 48.9. The van der Waals surface area contributed by atoms with Gasteiger partial charge in [0.25, 0.3) is 0 Å². The van der Waals surface area contributed by atoms with E-state index in [1.165, 1.54) is 79.7 Å². The lowest BCUT2D eigenvalue weighted by Crippen LogP contribution is -2.65. The van der Waals surface area contributed by atoms with E-state index in [4.69, 9.17) is 11.5 Å². The van der Waals surface area contributed by atoms with Crippen molar-refractivity contribution < 1.29 is 120 Å². The van der Waals surface area contributed by atoms with E-state index in [0.717, 1.165) is 39.0 Å². The molecule has 0 saturated carbocycles. The van der Waals surface area contributed by atoms with Crippen LogP contribution in [0.25, 0.3) is 10.9 Å². The van der Waals surface area contributed by atoms with Crippen molar-refractivity contribution in [2.45, 2.75) is 323 Å². The van der Waals surface area contributed by atoms with Crippen LogP contribution in [0, 0.1) is 35.3 Å². The molecule has 3 unspecified atom stereocenters. The van der Waals surface area contributed by atoms with Crippen LogP contribution in [0.5, 0.6) is 5.75 Å². The van der Waals surface area contributed by atoms with E-state index in [9.17, 15) is 86.8 Å². The number of aromatic hydroxyl groups is 1. The van der Waals surface area contributed by atoms with Crippen LogP contribution in [0.2, 0.25) is 0 Å². The third-order valence-electron chi connectivity index (χ3n) is 23.9. The van der Waals surface area contributed by atoms with Crippen LogP contribution < -0.4 is 91.2 Å². The maximum absolute atomic E-state index is 15.6. The number of phenols is 1. The summed E-state index contributed by atoms with van der Waals surface area (Å²) in [7, 11) is 0. The number of aliphatic hydroxyl groups excluding tert-OH is 1. The number of aromatic amines is 1. The number of carboxylic acid groups (broad SMARTS) is 1. The van der Waals surface area contributed by atoms with Gasteiger partial charge in [-0.25, -0.2) is 8.78 Å². The molecule has 3 aromatic carbocycles. The Morgan fingerprint density at radius 2 is 1.11 bits per heavy atom. The Hall–Kier alpha value is -13.3. The molecular weight excluding hydrogens is 1840 g/mol. The third kappa shape index (κ3) is 39.4. The summed E-state index contributed by atoms with van der Waals surface area (Å²) in [5.74, 6) is -25.4. The quantitative estimate of drug-likeness (QED) is 0.0223. The van der Waals surface area contributed by atoms with E-state index < -0.39 is 282 Å². The summed E-state index contributed by atoms with van der Waals surface area (Å²) >= 11 is 0. The number of hydrogen-bond donors (Lipinski definition) is 21.